The molecule has 0 aliphatic carbocycles. The number of hydrogen-bond acceptors (Lipinski definition) is 1. The zero-order chi connectivity index (χ0) is 12.8. The predicted octanol–water partition coefficient (Wildman–Crippen LogP) is 3.51. The van der Waals surface area contributed by atoms with E-state index in [1.807, 2.05) is 36.4 Å². The van der Waals surface area contributed by atoms with E-state index in [1.165, 1.54) is 0 Å². The molecule has 0 saturated heterocycles. The fourth-order valence-electron chi connectivity index (χ4n) is 0.977. The molecule has 2 aromatic rings. The first kappa shape index (κ1) is 13.0. The number of nitrogens with two attached hydrogens (primary N) is 1. The second-order valence-corrected chi connectivity index (χ2v) is 3.04. The summed E-state index contributed by atoms with van der Waals surface area (Å²) >= 11 is 0. The quantitative estimate of drug-likeness (QED) is 0.427. The van der Waals surface area contributed by atoms with Gasteiger partial charge < -0.3 is 5.73 Å². The summed E-state index contributed by atoms with van der Waals surface area (Å²) < 4.78 is 48.8. The highest BCUT2D eigenvalue weighted by Gasteiger charge is 2.15. The Morgan fingerprint density at radius 2 is 0.941 bits per heavy atom. The van der Waals surface area contributed by atoms with Crippen molar-refractivity contribution < 1.29 is 17.6 Å². The Morgan fingerprint density at radius 1 is 0.647 bits per heavy atom. The summed E-state index contributed by atoms with van der Waals surface area (Å²) in [7, 11) is 0. The summed E-state index contributed by atoms with van der Waals surface area (Å²) in [6, 6.07) is 12.1. The van der Waals surface area contributed by atoms with Crippen LogP contribution in [0.3, 0.4) is 0 Å². The Labute approximate surface area is 95.5 Å². The fourth-order valence-corrected chi connectivity index (χ4v) is 0.977. The molecule has 0 spiro atoms. The molecule has 1 nitrogen and oxygen atoms in total. The molecule has 0 aromatic heterocycles. The number of anilines is 1. The lowest BCUT2D eigenvalue weighted by molar-refractivity contribution is 0.460. The van der Waals surface area contributed by atoms with E-state index in [2.05, 4.69) is 5.73 Å². The summed E-state index contributed by atoms with van der Waals surface area (Å²) in [4.78, 5) is 0. The van der Waals surface area contributed by atoms with Gasteiger partial charge in [-0.05, 0) is 0 Å². The minimum absolute atomic E-state index is 0.0982. The Kier molecular flexibility index (Phi) is 4.51. The zero-order valence-corrected chi connectivity index (χ0v) is 8.63. The predicted molar refractivity (Wildman–Crippen MR) is 57.1 cm³/mol. The minimum atomic E-state index is -1.57. The van der Waals surface area contributed by atoms with Gasteiger partial charge in [0.15, 0.2) is 23.3 Å². The van der Waals surface area contributed by atoms with Crippen LogP contribution in [0.15, 0.2) is 42.5 Å². The van der Waals surface area contributed by atoms with Gasteiger partial charge >= 0.3 is 0 Å². The second kappa shape index (κ2) is 5.89. The van der Waals surface area contributed by atoms with Crippen molar-refractivity contribution in [2.75, 3.05) is 5.73 Å². The molecular weight excluding hydrogens is 234 g/mol. The van der Waals surface area contributed by atoms with Crippen molar-refractivity contribution in [2.24, 2.45) is 0 Å². The third-order valence-electron chi connectivity index (χ3n) is 1.81. The molecule has 2 rings (SSSR count). The highest BCUT2D eigenvalue weighted by Crippen LogP contribution is 2.20. The number of hydrogen-bond donors (Lipinski definition) is 1. The van der Waals surface area contributed by atoms with E-state index in [9.17, 15) is 17.6 Å². The van der Waals surface area contributed by atoms with E-state index in [0.717, 1.165) is 0 Å². The lowest BCUT2D eigenvalue weighted by Crippen LogP contribution is -2.01. The van der Waals surface area contributed by atoms with E-state index in [4.69, 9.17) is 0 Å². The number of nitrogen functional groups attached to an aromatic ring is 1. The first-order valence-corrected chi connectivity index (χ1v) is 4.62. The average Bonchev–Trinajstić information content (AvgIpc) is 2.37. The third-order valence-corrected chi connectivity index (χ3v) is 1.81. The molecule has 2 aromatic carbocycles. The van der Waals surface area contributed by atoms with Crippen LogP contribution in [0.25, 0.3) is 0 Å². The molecular formula is C12H9F4N. The van der Waals surface area contributed by atoms with Crippen LogP contribution in [-0.4, -0.2) is 0 Å². The van der Waals surface area contributed by atoms with Crippen LogP contribution in [0.2, 0.25) is 0 Å². The Morgan fingerprint density at radius 3 is 1.24 bits per heavy atom. The van der Waals surface area contributed by atoms with E-state index >= 15 is 0 Å². The third kappa shape index (κ3) is 3.48. The van der Waals surface area contributed by atoms with Crippen LogP contribution < -0.4 is 5.73 Å². The van der Waals surface area contributed by atoms with Gasteiger partial charge in [-0.25, -0.2) is 17.6 Å². The first-order chi connectivity index (χ1) is 8.04. The maximum atomic E-state index is 12.3. The first-order valence-electron chi connectivity index (χ1n) is 4.62. The van der Waals surface area contributed by atoms with Crippen molar-refractivity contribution in [3.05, 3.63) is 65.7 Å². The van der Waals surface area contributed by atoms with Crippen molar-refractivity contribution in [1.82, 2.24) is 0 Å². The van der Waals surface area contributed by atoms with Crippen molar-refractivity contribution >= 4 is 5.69 Å². The van der Waals surface area contributed by atoms with Gasteiger partial charge in [-0.1, -0.05) is 36.4 Å². The van der Waals surface area contributed by atoms with Gasteiger partial charge in [-0.3, -0.25) is 0 Å². The Hall–Kier alpha value is -2.04. The van der Waals surface area contributed by atoms with Crippen LogP contribution in [0.4, 0.5) is 23.2 Å². The van der Waals surface area contributed by atoms with Crippen LogP contribution in [0, 0.1) is 23.3 Å². The maximum Gasteiger partial charge on any atom is 0.184 e. The molecule has 0 aliphatic heterocycles. The molecule has 0 amide bonds. The van der Waals surface area contributed by atoms with Crippen LogP contribution in [0.1, 0.15) is 0 Å². The standard InChI is InChI=1S/C6H3F4N.C6H6/c7-2-1-3(8)5(10)6(11)4(2)9;1-2-4-6-5-3-1/h1H,11H2;1-6H. The SMILES string of the molecule is Nc1c(F)c(F)cc(F)c1F.c1ccccc1. The molecule has 0 aliphatic rings. The lowest BCUT2D eigenvalue weighted by atomic mass is 10.3. The molecule has 0 bridgehead atoms. The van der Waals surface area contributed by atoms with Crippen LogP contribution >= 0.6 is 0 Å². The Balaban J connectivity index is 0.000000202. The number of benzene rings is 2. The van der Waals surface area contributed by atoms with Crippen molar-refractivity contribution in [3.8, 4) is 0 Å². The van der Waals surface area contributed by atoms with Gasteiger partial charge in [0.2, 0.25) is 0 Å². The highest BCUT2D eigenvalue weighted by molar-refractivity contribution is 5.41. The van der Waals surface area contributed by atoms with E-state index in [0.29, 0.717) is 0 Å². The molecule has 90 valence electrons. The molecule has 0 saturated carbocycles. The normalized spacial score (nSPS) is 9.41. The van der Waals surface area contributed by atoms with Gasteiger partial charge in [0, 0.05) is 6.07 Å². The molecule has 17 heavy (non-hydrogen) atoms. The van der Waals surface area contributed by atoms with E-state index < -0.39 is 29.0 Å². The summed E-state index contributed by atoms with van der Waals surface area (Å²) in [6.07, 6.45) is 0. The molecule has 0 unspecified atom stereocenters. The van der Waals surface area contributed by atoms with Gasteiger partial charge in [0.25, 0.3) is 0 Å². The highest BCUT2D eigenvalue weighted by atomic mass is 19.2. The molecule has 0 radical (unpaired) electrons. The molecule has 2 N–H and O–H groups in total. The van der Waals surface area contributed by atoms with Crippen LogP contribution in [-0.2, 0) is 0 Å². The van der Waals surface area contributed by atoms with Gasteiger partial charge in [-0.15, -0.1) is 0 Å². The van der Waals surface area contributed by atoms with E-state index in [1.54, 1.807) is 0 Å². The number of rotatable bonds is 0. The summed E-state index contributed by atoms with van der Waals surface area (Å²) in [5.41, 5.74) is 3.52. The zero-order valence-electron chi connectivity index (χ0n) is 8.63. The summed E-state index contributed by atoms with van der Waals surface area (Å²) in [5, 5.41) is 0. The topological polar surface area (TPSA) is 26.0 Å². The average molecular weight is 243 g/mol. The lowest BCUT2D eigenvalue weighted by Gasteiger charge is -1.99. The molecule has 0 heterocycles. The second-order valence-electron chi connectivity index (χ2n) is 3.04. The van der Waals surface area contributed by atoms with Crippen molar-refractivity contribution in [2.45, 2.75) is 0 Å². The fraction of sp³-hybridized carbons (Fsp3) is 0. The van der Waals surface area contributed by atoms with Gasteiger partial charge in [-0.2, -0.15) is 0 Å². The molecule has 0 fully saturated rings. The Bertz CT molecular complexity index is 433. The number of halogens is 4. The monoisotopic (exact) mass is 243 g/mol. The molecule has 5 heteroatoms. The largest absolute Gasteiger partial charge is 0.394 e. The van der Waals surface area contributed by atoms with E-state index in [-0.39, 0.29) is 6.07 Å². The summed E-state index contributed by atoms with van der Waals surface area (Å²) in [5.74, 6) is -6.13. The maximum absolute atomic E-state index is 12.3. The van der Waals surface area contributed by atoms with Crippen molar-refractivity contribution in [1.29, 1.82) is 0 Å². The van der Waals surface area contributed by atoms with Crippen molar-refractivity contribution in [3.63, 3.8) is 0 Å². The smallest absolute Gasteiger partial charge is 0.184 e. The summed E-state index contributed by atoms with van der Waals surface area (Å²) in [6.45, 7) is 0. The van der Waals surface area contributed by atoms with Gasteiger partial charge in [0.1, 0.15) is 5.69 Å². The molecule has 0 atom stereocenters. The van der Waals surface area contributed by atoms with Crippen LogP contribution in [0.5, 0.6) is 0 Å². The minimum Gasteiger partial charge on any atom is -0.394 e. The van der Waals surface area contributed by atoms with Gasteiger partial charge in [0.05, 0.1) is 0 Å².